The average Bonchev–Trinajstić information content (AvgIpc) is 2.00. The maximum absolute atomic E-state index is 12.4. The van der Waals surface area contributed by atoms with Crippen LogP contribution < -0.4 is 0 Å². The van der Waals surface area contributed by atoms with Crippen LogP contribution >= 0.6 is 0 Å². The SMILES string of the molecule is C=C(C)N=C(/C=C(\C)CC)C(F)(F)F. The van der Waals surface area contributed by atoms with Crippen molar-refractivity contribution in [3.63, 3.8) is 0 Å². The van der Waals surface area contributed by atoms with Crippen LogP contribution in [0.2, 0.25) is 0 Å². The first-order valence-electron chi connectivity index (χ1n) is 4.26. The highest BCUT2D eigenvalue weighted by molar-refractivity contribution is 6.00. The average molecular weight is 205 g/mol. The van der Waals surface area contributed by atoms with E-state index in [1.165, 1.54) is 6.92 Å². The summed E-state index contributed by atoms with van der Waals surface area (Å²) in [6.07, 6.45) is -2.78. The van der Waals surface area contributed by atoms with Crippen molar-refractivity contribution in [3.8, 4) is 0 Å². The van der Waals surface area contributed by atoms with E-state index in [0.29, 0.717) is 12.0 Å². The van der Waals surface area contributed by atoms with Gasteiger partial charge in [-0.3, -0.25) is 0 Å². The van der Waals surface area contributed by atoms with E-state index >= 15 is 0 Å². The summed E-state index contributed by atoms with van der Waals surface area (Å²) in [5, 5.41) is 0. The van der Waals surface area contributed by atoms with Crippen molar-refractivity contribution in [1.29, 1.82) is 0 Å². The number of nitrogens with zero attached hydrogens (tertiary/aromatic N) is 1. The minimum Gasteiger partial charge on any atom is -0.249 e. The third-order valence-corrected chi connectivity index (χ3v) is 1.54. The van der Waals surface area contributed by atoms with Gasteiger partial charge in [0.1, 0.15) is 5.71 Å². The largest absolute Gasteiger partial charge is 0.433 e. The molecule has 80 valence electrons. The first-order valence-corrected chi connectivity index (χ1v) is 4.26. The van der Waals surface area contributed by atoms with E-state index in [1.54, 1.807) is 13.8 Å². The van der Waals surface area contributed by atoms with Crippen molar-refractivity contribution in [2.45, 2.75) is 33.4 Å². The van der Waals surface area contributed by atoms with E-state index in [1.807, 2.05) is 0 Å². The fraction of sp³-hybridized carbons (Fsp3) is 0.500. The first kappa shape index (κ1) is 12.9. The molecule has 0 aliphatic heterocycles. The van der Waals surface area contributed by atoms with Crippen LogP contribution in [0.4, 0.5) is 13.2 Å². The monoisotopic (exact) mass is 205 g/mol. The molecule has 0 amide bonds. The minimum absolute atomic E-state index is 0.150. The Bertz CT molecular complexity index is 272. The van der Waals surface area contributed by atoms with E-state index in [4.69, 9.17) is 0 Å². The lowest BCUT2D eigenvalue weighted by atomic mass is 10.2. The Kier molecular flexibility index (Phi) is 4.60. The summed E-state index contributed by atoms with van der Waals surface area (Å²) in [7, 11) is 0. The number of hydrogen-bond acceptors (Lipinski definition) is 1. The predicted octanol–water partition coefficient (Wildman–Crippen LogP) is 3.88. The summed E-state index contributed by atoms with van der Waals surface area (Å²) in [6, 6.07) is 0. The Hall–Kier alpha value is -1.06. The van der Waals surface area contributed by atoms with Crippen LogP contribution in [0, 0.1) is 0 Å². The van der Waals surface area contributed by atoms with Gasteiger partial charge >= 0.3 is 6.18 Å². The normalized spacial score (nSPS) is 14.4. The van der Waals surface area contributed by atoms with E-state index in [2.05, 4.69) is 11.6 Å². The molecule has 0 saturated heterocycles. The van der Waals surface area contributed by atoms with Crippen LogP contribution in [0.1, 0.15) is 27.2 Å². The molecule has 0 unspecified atom stereocenters. The number of aliphatic imine (C=N–C) groups is 1. The van der Waals surface area contributed by atoms with Crippen LogP contribution in [0.15, 0.2) is 28.9 Å². The zero-order valence-corrected chi connectivity index (χ0v) is 8.57. The molecule has 0 fully saturated rings. The molecule has 0 aromatic carbocycles. The summed E-state index contributed by atoms with van der Waals surface area (Å²) >= 11 is 0. The number of halogens is 3. The number of rotatable bonds is 3. The minimum atomic E-state index is -4.41. The Morgan fingerprint density at radius 3 is 2.14 bits per heavy atom. The van der Waals surface area contributed by atoms with Gasteiger partial charge in [-0.2, -0.15) is 13.2 Å². The summed E-state index contributed by atoms with van der Waals surface area (Å²) in [5.74, 6) is 0. The van der Waals surface area contributed by atoms with Crippen LogP contribution in [0.5, 0.6) is 0 Å². The molecule has 0 aliphatic carbocycles. The number of alkyl halides is 3. The molecule has 4 heteroatoms. The molecule has 0 bridgehead atoms. The highest BCUT2D eigenvalue weighted by Crippen LogP contribution is 2.20. The first-order chi connectivity index (χ1) is 6.27. The predicted molar refractivity (Wildman–Crippen MR) is 52.4 cm³/mol. The zero-order valence-electron chi connectivity index (χ0n) is 8.57. The molecule has 0 saturated carbocycles. The van der Waals surface area contributed by atoms with Gasteiger partial charge in [0, 0.05) is 5.70 Å². The fourth-order valence-corrected chi connectivity index (χ4v) is 0.719. The second-order valence-corrected chi connectivity index (χ2v) is 3.07. The van der Waals surface area contributed by atoms with Crippen molar-refractivity contribution < 1.29 is 13.2 Å². The van der Waals surface area contributed by atoms with E-state index in [0.717, 1.165) is 6.08 Å². The Morgan fingerprint density at radius 2 is 1.86 bits per heavy atom. The van der Waals surface area contributed by atoms with E-state index in [-0.39, 0.29) is 5.70 Å². The molecule has 0 heterocycles. The molecule has 0 spiro atoms. The summed E-state index contributed by atoms with van der Waals surface area (Å²) < 4.78 is 37.1. The molecular formula is C10H14F3N. The Morgan fingerprint density at radius 1 is 1.36 bits per heavy atom. The van der Waals surface area contributed by atoms with Gasteiger partial charge in [0.25, 0.3) is 0 Å². The fourth-order valence-electron chi connectivity index (χ4n) is 0.719. The van der Waals surface area contributed by atoms with Crippen molar-refractivity contribution in [2.75, 3.05) is 0 Å². The standard InChI is InChI=1S/C10H14F3N/c1-5-8(4)6-9(10(11,12)13)14-7(2)3/h6H,2,5H2,1,3-4H3/b8-6+,14-9?. The number of hydrogen-bond donors (Lipinski definition) is 0. The molecule has 0 aliphatic rings. The molecule has 0 N–H and O–H groups in total. The highest BCUT2D eigenvalue weighted by Gasteiger charge is 2.33. The van der Waals surface area contributed by atoms with Crippen LogP contribution in [0.25, 0.3) is 0 Å². The molecule has 0 rings (SSSR count). The van der Waals surface area contributed by atoms with Crippen molar-refractivity contribution >= 4 is 5.71 Å². The van der Waals surface area contributed by atoms with Crippen LogP contribution in [-0.4, -0.2) is 11.9 Å². The topological polar surface area (TPSA) is 12.4 Å². The summed E-state index contributed by atoms with van der Waals surface area (Å²) in [4.78, 5) is 3.36. The third-order valence-electron chi connectivity index (χ3n) is 1.54. The molecule has 1 nitrogen and oxygen atoms in total. The summed E-state index contributed by atoms with van der Waals surface area (Å²) in [6.45, 7) is 8.19. The van der Waals surface area contributed by atoms with Crippen molar-refractivity contribution in [3.05, 3.63) is 23.9 Å². The molecule has 0 radical (unpaired) electrons. The smallest absolute Gasteiger partial charge is 0.249 e. The van der Waals surface area contributed by atoms with E-state index in [9.17, 15) is 13.2 Å². The van der Waals surface area contributed by atoms with Crippen molar-refractivity contribution in [2.24, 2.45) is 4.99 Å². The molecule has 0 atom stereocenters. The van der Waals surface area contributed by atoms with E-state index < -0.39 is 11.9 Å². The van der Waals surface area contributed by atoms with Gasteiger partial charge in [0.15, 0.2) is 0 Å². The van der Waals surface area contributed by atoms with Gasteiger partial charge in [0.05, 0.1) is 0 Å². The number of allylic oxidation sites excluding steroid dienone is 3. The van der Waals surface area contributed by atoms with Gasteiger partial charge in [-0.15, -0.1) is 0 Å². The summed E-state index contributed by atoms with van der Waals surface area (Å²) in [5.41, 5.74) is -0.0934. The maximum atomic E-state index is 12.4. The lowest BCUT2D eigenvalue weighted by Crippen LogP contribution is -2.21. The second-order valence-electron chi connectivity index (χ2n) is 3.07. The van der Waals surface area contributed by atoms with Gasteiger partial charge in [-0.25, -0.2) is 4.99 Å². The molecule has 14 heavy (non-hydrogen) atoms. The lowest BCUT2D eigenvalue weighted by Gasteiger charge is -2.07. The van der Waals surface area contributed by atoms with Gasteiger partial charge < -0.3 is 0 Å². The van der Waals surface area contributed by atoms with Gasteiger partial charge in [-0.1, -0.05) is 19.1 Å². The molecular weight excluding hydrogens is 191 g/mol. The Balaban J connectivity index is 5.04. The second kappa shape index (κ2) is 4.98. The van der Waals surface area contributed by atoms with Crippen LogP contribution in [0.3, 0.4) is 0 Å². The highest BCUT2D eigenvalue weighted by atomic mass is 19.4. The Labute approximate surface area is 82.0 Å². The maximum Gasteiger partial charge on any atom is 0.433 e. The zero-order chi connectivity index (χ0) is 11.4. The van der Waals surface area contributed by atoms with Crippen LogP contribution in [-0.2, 0) is 0 Å². The molecule has 0 aromatic rings. The van der Waals surface area contributed by atoms with Gasteiger partial charge in [-0.05, 0) is 26.3 Å². The van der Waals surface area contributed by atoms with Crippen molar-refractivity contribution in [1.82, 2.24) is 0 Å². The van der Waals surface area contributed by atoms with Gasteiger partial charge in [0.2, 0.25) is 0 Å². The quantitative estimate of drug-likeness (QED) is 0.620. The lowest BCUT2D eigenvalue weighted by molar-refractivity contribution is -0.0577. The molecule has 0 aromatic heterocycles. The third kappa shape index (κ3) is 4.84.